The van der Waals surface area contributed by atoms with Crippen LogP contribution in [-0.4, -0.2) is 41.1 Å². The average Bonchev–Trinajstić information content (AvgIpc) is 2.46. The van der Waals surface area contributed by atoms with Crippen molar-refractivity contribution in [2.45, 2.75) is 25.0 Å². The molecule has 1 aliphatic rings. The number of thioether (sulfide) groups is 1. The minimum absolute atomic E-state index is 0.0407. The third-order valence-corrected chi connectivity index (χ3v) is 4.85. The molecule has 6 heteroatoms. The molecule has 1 saturated heterocycles. The standard InChI is InChI=1S/C15H20N2O3S/c1-10-8-11(2-3-13(10)15(19)20)17-14(18)9-21-12-4-6-16-7-5-12/h2-3,8,12,16H,4-7,9H2,1H3,(H,17,18)(H,19,20). The second-order valence-electron chi connectivity index (χ2n) is 5.14. The van der Waals surface area contributed by atoms with Crippen LogP contribution in [0.4, 0.5) is 5.69 Å². The molecule has 1 aliphatic heterocycles. The number of anilines is 1. The molecule has 1 aromatic carbocycles. The number of carboxylic acids is 1. The molecule has 1 fully saturated rings. The van der Waals surface area contributed by atoms with Gasteiger partial charge in [0.2, 0.25) is 5.91 Å². The maximum atomic E-state index is 11.9. The van der Waals surface area contributed by atoms with Gasteiger partial charge in [-0.3, -0.25) is 4.79 Å². The number of hydrogen-bond acceptors (Lipinski definition) is 4. The lowest BCUT2D eigenvalue weighted by Crippen LogP contribution is -2.30. The van der Waals surface area contributed by atoms with Crippen molar-refractivity contribution in [1.82, 2.24) is 5.32 Å². The zero-order valence-corrected chi connectivity index (χ0v) is 12.8. The second-order valence-corrected chi connectivity index (χ2v) is 6.43. The topological polar surface area (TPSA) is 78.4 Å². The van der Waals surface area contributed by atoms with E-state index in [4.69, 9.17) is 5.11 Å². The summed E-state index contributed by atoms with van der Waals surface area (Å²) in [5.74, 6) is -0.558. The van der Waals surface area contributed by atoms with Crippen LogP contribution in [0.25, 0.3) is 0 Å². The third kappa shape index (κ3) is 4.75. The summed E-state index contributed by atoms with van der Waals surface area (Å²) in [6, 6.07) is 4.84. The van der Waals surface area contributed by atoms with Gasteiger partial charge in [0.05, 0.1) is 11.3 Å². The van der Waals surface area contributed by atoms with Crippen LogP contribution in [0.15, 0.2) is 18.2 Å². The first kappa shape index (κ1) is 15.9. The summed E-state index contributed by atoms with van der Waals surface area (Å²) < 4.78 is 0. The first-order chi connectivity index (χ1) is 10.1. The lowest BCUT2D eigenvalue weighted by Gasteiger charge is -2.21. The molecule has 21 heavy (non-hydrogen) atoms. The molecule has 0 spiro atoms. The van der Waals surface area contributed by atoms with Gasteiger partial charge in [-0.2, -0.15) is 0 Å². The SMILES string of the molecule is Cc1cc(NC(=O)CSC2CCNCC2)ccc1C(=O)O. The van der Waals surface area contributed by atoms with Crippen molar-refractivity contribution in [2.24, 2.45) is 0 Å². The Morgan fingerprint density at radius 3 is 2.71 bits per heavy atom. The third-order valence-electron chi connectivity index (χ3n) is 3.48. The minimum Gasteiger partial charge on any atom is -0.478 e. The number of benzene rings is 1. The maximum Gasteiger partial charge on any atom is 0.335 e. The number of nitrogens with one attached hydrogen (secondary N) is 2. The highest BCUT2D eigenvalue weighted by atomic mass is 32.2. The summed E-state index contributed by atoms with van der Waals surface area (Å²) >= 11 is 1.69. The van der Waals surface area contributed by atoms with Gasteiger partial charge in [0.15, 0.2) is 0 Å². The normalized spacial score (nSPS) is 15.7. The van der Waals surface area contributed by atoms with Crippen LogP contribution in [-0.2, 0) is 4.79 Å². The Bertz CT molecular complexity index is 528. The fraction of sp³-hybridized carbons (Fsp3) is 0.467. The summed E-state index contributed by atoms with van der Waals surface area (Å²) in [4.78, 5) is 22.9. The van der Waals surface area contributed by atoms with Crippen molar-refractivity contribution < 1.29 is 14.7 Å². The molecular formula is C15H20N2O3S. The molecule has 0 saturated carbocycles. The highest BCUT2D eigenvalue weighted by Gasteiger charge is 2.15. The molecular weight excluding hydrogens is 288 g/mol. The summed E-state index contributed by atoms with van der Waals surface area (Å²) in [5, 5.41) is 15.6. The fourth-order valence-electron chi connectivity index (χ4n) is 2.33. The molecule has 5 nitrogen and oxygen atoms in total. The molecule has 3 N–H and O–H groups in total. The van der Waals surface area contributed by atoms with Gasteiger partial charge in [-0.1, -0.05) is 0 Å². The van der Waals surface area contributed by atoms with E-state index in [0.29, 0.717) is 22.3 Å². The Kier molecular flexibility index (Phi) is 5.64. The minimum atomic E-state index is -0.952. The molecule has 0 radical (unpaired) electrons. The molecule has 0 aromatic heterocycles. The van der Waals surface area contributed by atoms with Crippen LogP contribution in [0.3, 0.4) is 0 Å². The van der Waals surface area contributed by atoms with E-state index in [1.165, 1.54) is 6.07 Å². The van der Waals surface area contributed by atoms with E-state index >= 15 is 0 Å². The van der Waals surface area contributed by atoms with Crippen LogP contribution in [0, 0.1) is 6.92 Å². The number of aromatic carboxylic acids is 1. The van der Waals surface area contributed by atoms with Gasteiger partial charge in [0.25, 0.3) is 0 Å². The van der Waals surface area contributed by atoms with Crippen molar-refractivity contribution in [1.29, 1.82) is 0 Å². The molecule has 0 bridgehead atoms. The van der Waals surface area contributed by atoms with Crippen molar-refractivity contribution >= 4 is 29.3 Å². The predicted octanol–water partition coefficient (Wildman–Crippen LogP) is 2.12. The monoisotopic (exact) mass is 308 g/mol. The van der Waals surface area contributed by atoms with Crippen molar-refractivity contribution in [2.75, 3.05) is 24.2 Å². The van der Waals surface area contributed by atoms with Crippen LogP contribution in [0.2, 0.25) is 0 Å². The number of carboxylic acid groups (broad SMARTS) is 1. The molecule has 1 aromatic rings. The molecule has 0 unspecified atom stereocenters. The summed E-state index contributed by atoms with van der Waals surface area (Å²) in [6.45, 7) is 3.77. The van der Waals surface area contributed by atoms with E-state index in [0.717, 1.165) is 25.9 Å². The number of carbonyl (C=O) groups is 2. The lowest BCUT2D eigenvalue weighted by molar-refractivity contribution is -0.113. The van der Waals surface area contributed by atoms with Crippen molar-refractivity contribution in [3.8, 4) is 0 Å². The number of rotatable bonds is 5. The quantitative estimate of drug-likeness (QED) is 0.776. The van der Waals surface area contributed by atoms with Crippen LogP contribution in [0.5, 0.6) is 0 Å². The summed E-state index contributed by atoms with van der Waals surface area (Å²) in [6.07, 6.45) is 2.20. The highest BCUT2D eigenvalue weighted by Crippen LogP contribution is 2.21. The molecule has 1 amide bonds. The zero-order valence-electron chi connectivity index (χ0n) is 12.0. The van der Waals surface area contributed by atoms with Crippen LogP contribution < -0.4 is 10.6 Å². The van der Waals surface area contributed by atoms with Crippen molar-refractivity contribution in [3.63, 3.8) is 0 Å². The first-order valence-electron chi connectivity index (χ1n) is 7.02. The van der Waals surface area contributed by atoms with E-state index < -0.39 is 5.97 Å². The number of carbonyl (C=O) groups excluding carboxylic acids is 1. The van der Waals surface area contributed by atoms with E-state index in [-0.39, 0.29) is 11.5 Å². The Morgan fingerprint density at radius 1 is 1.38 bits per heavy atom. The van der Waals surface area contributed by atoms with Gasteiger partial charge in [0.1, 0.15) is 0 Å². The smallest absolute Gasteiger partial charge is 0.335 e. The van der Waals surface area contributed by atoms with Gasteiger partial charge < -0.3 is 15.7 Å². The maximum absolute atomic E-state index is 11.9. The largest absolute Gasteiger partial charge is 0.478 e. The van der Waals surface area contributed by atoms with Gasteiger partial charge in [-0.15, -0.1) is 11.8 Å². The number of hydrogen-bond donors (Lipinski definition) is 3. The van der Waals surface area contributed by atoms with E-state index in [1.807, 2.05) is 0 Å². The lowest BCUT2D eigenvalue weighted by atomic mass is 10.1. The Balaban J connectivity index is 1.84. The molecule has 0 atom stereocenters. The molecule has 0 aliphatic carbocycles. The fourth-order valence-corrected chi connectivity index (χ4v) is 3.36. The number of aryl methyl sites for hydroxylation is 1. The van der Waals surface area contributed by atoms with E-state index in [2.05, 4.69) is 10.6 Å². The van der Waals surface area contributed by atoms with Gasteiger partial charge >= 0.3 is 5.97 Å². The molecule has 114 valence electrons. The van der Waals surface area contributed by atoms with Gasteiger partial charge in [-0.25, -0.2) is 4.79 Å². The average molecular weight is 308 g/mol. The van der Waals surface area contributed by atoms with E-state index in [1.54, 1.807) is 30.8 Å². The van der Waals surface area contributed by atoms with E-state index in [9.17, 15) is 9.59 Å². The highest BCUT2D eigenvalue weighted by molar-refractivity contribution is 8.00. The molecule has 1 heterocycles. The Labute approximate surface area is 128 Å². The number of piperidine rings is 1. The van der Waals surface area contributed by atoms with Crippen LogP contribution >= 0.6 is 11.8 Å². The Hall–Kier alpha value is -1.53. The predicted molar refractivity (Wildman–Crippen MR) is 85.1 cm³/mol. The number of amides is 1. The summed E-state index contributed by atoms with van der Waals surface area (Å²) in [5.41, 5.74) is 1.55. The van der Waals surface area contributed by atoms with Crippen LogP contribution in [0.1, 0.15) is 28.8 Å². The summed E-state index contributed by atoms with van der Waals surface area (Å²) in [7, 11) is 0. The van der Waals surface area contributed by atoms with Gasteiger partial charge in [-0.05, 0) is 56.6 Å². The first-order valence-corrected chi connectivity index (χ1v) is 8.07. The molecule has 2 rings (SSSR count). The second kappa shape index (κ2) is 7.47. The van der Waals surface area contributed by atoms with Gasteiger partial charge in [0, 0.05) is 10.9 Å². The van der Waals surface area contributed by atoms with Crippen molar-refractivity contribution in [3.05, 3.63) is 29.3 Å². The zero-order chi connectivity index (χ0) is 15.2. The Morgan fingerprint density at radius 2 is 2.10 bits per heavy atom.